The Morgan fingerprint density at radius 2 is 1.90 bits per heavy atom. The standard InChI is InChI=1S/C17H24N2O2/c1-10(2)15(9-20)18-8-13-7-14-11(3)5-6-12(4)16(14)19-17(13)21/h5-7,10,15,18,20H,8-9H2,1-4H3,(H,19,21)/t15-/m1/s1. The van der Waals surface area contributed by atoms with Crippen LogP contribution in [-0.2, 0) is 6.54 Å². The Hall–Kier alpha value is -1.65. The summed E-state index contributed by atoms with van der Waals surface area (Å²) in [6.07, 6.45) is 0. The summed E-state index contributed by atoms with van der Waals surface area (Å²) in [5, 5.41) is 13.7. The summed E-state index contributed by atoms with van der Waals surface area (Å²) in [6, 6.07) is 6.04. The third-order valence-electron chi connectivity index (χ3n) is 4.08. The number of aliphatic hydroxyl groups excluding tert-OH is 1. The highest BCUT2D eigenvalue weighted by Crippen LogP contribution is 2.19. The highest BCUT2D eigenvalue weighted by molar-refractivity contribution is 5.85. The van der Waals surface area contributed by atoms with E-state index in [4.69, 9.17) is 0 Å². The van der Waals surface area contributed by atoms with Gasteiger partial charge < -0.3 is 15.4 Å². The SMILES string of the molecule is Cc1ccc(C)c2[nH]c(=O)c(CN[C@H](CO)C(C)C)cc12. The number of hydrogen-bond acceptors (Lipinski definition) is 3. The summed E-state index contributed by atoms with van der Waals surface area (Å²) < 4.78 is 0. The van der Waals surface area contributed by atoms with E-state index in [0.717, 1.165) is 22.0 Å². The Balaban J connectivity index is 2.35. The summed E-state index contributed by atoms with van der Waals surface area (Å²) in [6.45, 7) is 8.67. The van der Waals surface area contributed by atoms with Crippen molar-refractivity contribution >= 4 is 10.9 Å². The average molecular weight is 288 g/mol. The van der Waals surface area contributed by atoms with E-state index in [2.05, 4.69) is 16.4 Å². The minimum Gasteiger partial charge on any atom is -0.395 e. The number of pyridine rings is 1. The van der Waals surface area contributed by atoms with Crippen LogP contribution in [-0.4, -0.2) is 22.7 Å². The van der Waals surface area contributed by atoms with Gasteiger partial charge in [0.25, 0.3) is 5.56 Å². The summed E-state index contributed by atoms with van der Waals surface area (Å²) in [5.74, 6) is 0.318. The van der Waals surface area contributed by atoms with Gasteiger partial charge in [-0.15, -0.1) is 0 Å². The summed E-state index contributed by atoms with van der Waals surface area (Å²) in [5.41, 5.74) is 3.77. The van der Waals surface area contributed by atoms with Crippen LogP contribution < -0.4 is 10.9 Å². The van der Waals surface area contributed by atoms with E-state index in [1.807, 2.05) is 39.8 Å². The van der Waals surface area contributed by atoms with Crippen molar-refractivity contribution in [3.63, 3.8) is 0 Å². The van der Waals surface area contributed by atoms with Crippen molar-refractivity contribution in [2.45, 2.75) is 40.3 Å². The minimum atomic E-state index is -0.0656. The van der Waals surface area contributed by atoms with Crippen LogP contribution in [0.2, 0.25) is 0 Å². The zero-order valence-corrected chi connectivity index (χ0v) is 13.2. The highest BCUT2D eigenvalue weighted by Gasteiger charge is 2.13. The molecule has 0 amide bonds. The quantitative estimate of drug-likeness (QED) is 0.790. The first-order valence-corrected chi connectivity index (χ1v) is 7.40. The lowest BCUT2D eigenvalue weighted by molar-refractivity contribution is 0.210. The molecule has 2 rings (SSSR count). The monoisotopic (exact) mass is 288 g/mol. The van der Waals surface area contributed by atoms with Gasteiger partial charge in [-0.3, -0.25) is 4.79 Å². The van der Waals surface area contributed by atoms with Crippen LogP contribution in [0.1, 0.15) is 30.5 Å². The van der Waals surface area contributed by atoms with Gasteiger partial charge in [-0.25, -0.2) is 0 Å². The normalized spacial score (nSPS) is 13.0. The Morgan fingerprint density at radius 1 is 1.24 bits per heavy atom. The molecule has 0 aliphatic rings. The molecule has 4 nitrogen and oxygen atoms in total. The van der Waals surface area contributed by atoms with Crippen LogP contribution in [0.3, 0.4) is 0 Å². The first-order chi connectivity index (χ1) is 9.93. The van der Waals surface area contributed by atoms with E-state index in [1.54, 1.807) is 0 Å². The molecule has 0 saturated carbocycles. The fourth-order valence-electron chi connectivity index (χ4n) is 2.50. The molecule has 21 heavy (non-hydrogen) atoms. The average Bonchev–Trinajstić information content (AvgIpc) is 2.44. The molecule has 0 fully saturated rings. The molecule has 2 aromatic rings. The smallest absolute Gasteiger partial charge is 0.252 e. The Labute approximate surface area is 125 Å². The molecule has 0 radical (unpaired) electrons. The number of aromatic amines is 1. The van der Waals surface area contributed by atoms with Gasteiger partial charge in [-0.1, -0.05) is 26.0 Å². The van der Waals surface area contributed by atoms with Crippen LogP contribution in [0.4, 0.5) is 0 Å². The fraction of sp³-hybridized carbons (Fsp3) is 0.471. The van der Waals surface area contributed by atoms with Gasteiger partial charge in [0.1, 0.15) is 0 Å². The number of aryl methyl sites for hydroxylation is 2. The molecule has 0 unspecified atom stereocenters. The lowest BCUT2D eigenvalue weighted by Gasteiger charge is -2.20. The van der Waals surface area contributed by atoms with Gasteiger partial charge in [-0.05, 0) is 37.0 Å². The number of rotatable bonds is 5. The van der Waals surface area contributed by atoms with Gasteiger partial charge >= 0.3 is 0 Å². The van der Waals surface area contributed by atoms with Crippen molar-refractivity contribution < 1.29 is 5.11 Å². The maximum absolute atomic E-state index is 12.2. The molecule has 1 atom stereocenters. The van der Waals surface area contributed by atoms with E-state index in [-0.39, 0.29) is 18.2 Å². The van der Waals surface area contributed by atoms with Crippen molar-refractivity contribution in [2.24, 2.45) is 5.92 Å². The first-order valence-electron chi connectivity index (χ1n) is 7.40. The molecule has 3 N–H and O–H groups in total. The number of nitrogens with one attached hydrogen (secondary N) is 2. The van der Waals surface area contributed by atoms with E-state index in [0.29, 0.717) is 18.0 Å². The topological polar surface area (TPSA) is 65.1 Å². The summed E-state index contributed by atoms with van der Waals surface area (Å²) in [4.78, 5) is 15.2. The highest BCUT2D eigenvalue weighted by atomic mass is 16.3. The molecular weight excluding hydrogens is 264 g/mol. The zero-order valence-electron chi connectivity index (χ0n) is 13.2. The van der Waals surface area contributed by atoms with Gasteiger partial charge in [0.05, 0.1) is 12.1 Å². The molecule has 0 bridgehead atoms. The molecule has 0 saturated heterocycles. The van der Waals surface area contributed by atoms with E-state index >= 15 is 0 Å². The van der Waals surface area contributed by atoms with Gasteiger partial charge in [0.2, 0.25) is 0 Å². The van der Waals surface area contributed by atoms with Crippen molar-refractivity contribution in [1.29, 1.82) is 0 Å². The number of benzene rings is 1. The van der Waals surface area contributed by atoms with Crippen LogP contribution in [0.25, 0.3) is 10.9 Å². The predicted octanol–water partition coefficient (Wildman–Crippen LogP) is 2.25. The second kappa shape index (κ2) is 6.41. The summed E-state index contributed by atoms with van der Waals surface area (Å²) in [7, 11) is 0. The third-order valence-corrected chi connectivity index (χ3v) is 4.08. The van der Waals surface area contributed by atoms with Crippen LogP contribution in [0.15, 0.2) is 23.0 Å². The van der Waals surface area contributed by atoms with Gasteiger partial charge in [0.15, 0.2) is 0 Å². The minimum absolute atomic E-state index is 0.00120. The van der Waals surface area contributed by atoms with Crippen LogP contribution in [0, 0.1) is 19.8 Å². The number of hydrogen-bond donors (Lipinski definition) is 3. The molecule has 0 aliphatic heterocycles. The third kappa shape index (κ3) is 3.34. The first kappa shape index (κ1) is 15.7. The maximum Gasteiger partial charge on any atom is 0.252 e. The zero-order chi connectivity index (χ0) is 15.6. The molecule has 0 aliphatic carbocycles. The molecule has 114 valence electrons. The number of aliphatic hydroxyl groups is 1. The van der Waals surface area contributed by atoms with E-state index in [9.17, 15) is 9.90 Å². The molecule has 1 aromatic carbocycles. The van der Waals surface area contributed by atoms with Crippen LogP contribution in [0.5, 0.6) is 0 Å². The lowest BCUT2D eigenvalue weighted by Crippen LogP contribution is -2.37. The van der Waals surface area contributed by atoms with Crippen molar-refractivity contribution in [3.8, 4) is 0 Å². The van der Waals surface area contributed by atoms with Crippen molar-refractivity contribution in [3.05, 3.63) is 45.2 Å². The fourth-order valence-corrected chi connectivity index (χ4v) is 2.50. The Morgan fingerprint density at radius 3 is 2.52 bits per heavy atom. The van der Waals surface area contributed by atoms with E-state index < -0.39 is 0 Å². The lowest BCUT2D eigenvalue weighted by atomic mass is 10.0. The molecule has 0 spiro atoms. The van der Waals surface area contributed by atoms with Crippen LogP contribution >= 0.6 is 0 Å². The Bertz CT molecular complexity index is 689. The number of aromatic nitrogens is 1. The number of H-pyrrole nitrogens is 1. The molecular formula is C17H24N2O2. The van der Waals surface area contributed by atoms with Crippen molar-refractivity contribution in [1.82, 2.24) is 10.3 Å². The summed E-state index contributed by atoms with van der Waals surface area (Å²) >= 11 is 0. The maximum atomic E-state index is 12.2. The molecule has 1 aromatic heterocycles. The van der Waals surface area contributed by atoms with Crippen molar-refractivity contribution in [2.75, 3.05) is 6.61 Å². The van der Waals surface area contributed by atoms with Gasteiger partial charge in [0, 0.05) is 23.5 Å². The molecule has 1 heterocycles. The Kier molecular flexibility index (Phi) is 4.80. The second-order valence-corrected chi connectivity index (χ2v) is 6.03. The second-order valence-electron chi connectivity index (χ2n) is 6.03. The van der Waals surface area contributed by atoms with E-state index in [1.165, 1.54) is 0 Å². The number of fused-ring (bicyclic) bond motifs is 1. The van der Waals surface area contributed by atoms with Gasteiger partial charge in [-0.2, -0.15) is 0 Å². The molecule has 4 heteroatoms. The predicted molar refractivity (Wildman–Crippen MR) is 86.6 cm³/mol. The largest absolute Gasteiger partial charge is 0.395 e.